The first-order valence-corrected chi connectivity index (χ1v) is 12.9. The maximum absolute atomic E-state index is 13.4. The Kier molecular flexibility index (Phi) is 7.33. The predicted octanol–water partition coefficient (Wildman–Crippen LogP) is 3.80. The van der Waals surface area contributed by atoms with Crippen LogP contribution in [0.3, 0.4) is 0 Å². The number of hydrogen-bond donors (Lipinski definition) is 0. The summed E-state index contributed by atoms with van der Waals surface area (Å²) in [5.74, 6) is 0.549. The fraction of sp³-hybridized carbons (Fsp3) is 0.179. The number of rotatable bonds is 10. The van der Waals surface area contributed by atoms with Crippen molar-refractivity contribution in [3.8, 4) is 17.2 Å². The van der Waals surface area contributed by atoms with E-state index in [9.17, 15) is 14.4 Å². The van der Waals surface area contributed by atoms with Crippen LogP contribution < -0.4 is 19.2 Å². The molecule has 5 rings (SSSR count). The summed E-state index contributed by atoms with van der Waals surface area (Å²) in [7, 11) is 4.54. The quantitative estimate of drug-likeness (QED) is 0.167. The van der Waals surface area contributed by atoms with Crippen molar-refractivity contribution in [2.24, 2.45) is 0 Å². The number of imide groups is 1. The Balaban J connectivity index is 1.54. The molecular weight excluding hydrogens is 520 g/mol. The molecule has 0 bridgehead atoms. The zero-order valence-electron chi connectivity index (χ0n) is 21.4. The van der Waals surface area contributed by atoms with Crippen LogP contribution in [0, 0.1) is 0 Å². The standard InChI is InChI=1S/C28H24N4O6S/c1-36-22-13-17(14-23(37-2)25(22)38-3)15-24-29-30-28(39-16-21(33)18-9-5-4-6-10-18)31(24)32-26(34)19-11-7-8-12-20(19)27(32)35/h4-14H,15-16H2,1-3H3. The average molecular weight is 545 g/mol. The Bertz CT molecular complexity index is 1510. The van der Waals surface area contributed by atoms with Gasteiger partial charge in [-0.3, -0.25) is 14.4 Å². The van der Waals surface area contributed by atoms with Crippen LogP contribution in [0.1, 0.15) is 42.5 Å². The fourth-order valence-corrected chi connectivity index (χ4v) is 5.15. The second-order valence-electron chi connectivity index (χ2n) is 8.47. The van der Waals surface area contributed by atoms with Crippen LogP contribution in [0.4, 0.5) is 0 Å². The van der Waals surface area contributed by atoms with Gasteiger partial charge in [0.25, 0.3) is 11.8 Å². The van der Waals surface area contributed by atoms with E-state index in [-0.39, 0.29) is 34.2 Å². The van der Waals surface area contributed by atoms with E-state index in [1.54, 1.807) is 60.7 Å². The van der Waals surface area contributed by atoms with E-state index in [0.717, 1.165) is 16.8 Å². The molecule has 0 atom stereocenters. The zero-order chi connectivity index (χ0) is 27.5. The van der Waals surface area contributed by atoms with Gasteiger partial charge in [-0.15, -0.1) is 10.2 Å². The molecule has 10 nitrogen and oxygen atoms in total. The van der Waals surface area contributed by atoms with Crippen molar-refractivity contribution in [2.45, 2.75) is 11.6 Å². The first-order chi connectivity index (χ1) is 19.0. The molecular formula is C28H24N4O6S. The van der Waals surface area contributed by atoms with Gasteiger partial charge >= 0.3 is 0 Å². The summed E-state index contributed by atoms with van der Waals surface area (Å²) in [6.45, 7) is 0. The van der Waals surface area contributed by atoms with Crippen molar-refractivity contribution in [1.29, 1.82) is 0 Å². The van der Waals surface area contributed by atoms with Crippen LogP contribution in [0.25, 0.3) is 0 Å². The highest BCUT2D eigenvalue weighted by atomic mass is 32.2. The number of hydrogen-bond acceptors (Lipinski definition) is 9. The number of methoxy groups -OCH3 is 3. The SMILES string of the molecule is COc1cc(Cc2nnc(SCC(=O)c3ccccc3)n2N2C(=O)c3ccccc3C2=O)cc(OC)c1OC. The van der Waals surface area contributed by atoms with Gasteiger partial charge in [-0.1, -0.05) is 54.2 Å². The highest BCUT2D eigenvalue weighted by Crippen LogP contribution is 2.39. The molecule has 1 aliphatic rings. The van der Waals surface area contributed by atoms with E-state index >= 15 is 0 Å². The molecule has 0 aliphatic carbocycles. The number of nitrogens with zero attached hydrogens (tertiary/aromatic N) is 4. The largest absolute Gasteiger partial charge is 0.493 e. The number of Topliss-reactive ketones (excluding diaryl/α,β-unsaturated/α-hetero) is 1. The molecule has 0 spiro atoms. The Morgan fingerprint density at radius 1 is 0.821 bits per heavy atom. The first kappa shape index (κ1) is 26.0. The number of benzene rings is 3. The third-order valence-electron chi connectivity index (χ3n) is 6.16. The zero-order valence-corrected chi connectivity index (χ0v) is 22.2. The molecule has 2 heterocycles. The van der Waals surface area contributed by atoms with Gasteiger partial charge in [0.15, 0.2) is 23.1 Å². The van der Waals surface area contributed by atoms with Crippen molar-refractivity contribution in [2.75, 3.05) is 32.1 Å². The van der Waals surface area contributed by atoms with Gasteiger partial charge in [0.05, 0.1) is 38.2 Å². The monoisotopic (exact) mass is 544 g/mol. The van der Waals surface area contributed by atoms with Crippen molar-refractivity contribution in [1.82, 2.24) is 14.9 Å². The maximum Gasteiger partial charge on any atom is 0.281 e. The number of amides is 2. The molecule has 2 amide bonds. The van der Waals surface area contributed by atoms with Gasteiger partial charge in [-0.05, 0) is 29.8 Å². The van der Waals surface area contributed by atoms with Crippen molar-refractivity contribution < 1.29 is 28.6 Å². The number of aromatic nitrogens is 3. The third kappa shape index (κ3) is 4.84. The van der Waals surface area contributed by atoms with Crippen LogP contribution in [0.15, 0.2) is 71.9 Å². The van der Waals surface area contributed by atoms with E-state index in [0.29, 0.717) is 34.2 Å². The number of carbonyl (C=O) groups is 3. The number of ether oxygens (including phenoxy) is 3. The molecule has 0 saturated heterocycles. The molecule has 4 aromatic rings. The van der Waals surface area contributed by atoms with E-state index in [2.05, 4.69) is 10.2 Å². The Hall–Kier alpha value is -4.64. The van der Waals surface area contributed by atoms with Crippen LogP contribution in [0.2, 0.25) is 0 Å². The lowest BCUT2D eigenvalue weighted by molar-refractivity contribution is 0.0879. The molecule has 39 heavy (non-hydrogen) atoms. The summed E-state index contributed by atoms with van der Waals surface area (Å²) in [5, 5.41) is 9.83. The van der Waals surface area contributed by atoms with E-state index in [1.807, 2.05) is 6.07 Å². The third-order valence-corrected chi connectivity index (χ3v) is 7.08. The highest BCUT2D eigenvalue weighted by molar-refractivity contribution is 7.99. The Morgan fingerprint density at radius 3 is 1.97 bits per heavy atom. The molecule has 11 heteroatoms. The maximum atomic E-state index is 13.4. The molecule has 3 aromatic carbocycles. The van der Waals surface area contributed by atoms with Gasteiger partial charge in [0.1, 0.15) is 0 Å². The lowest BCUT2D eigenvalue weighted by Gasteiger charge is -2.19. The molecule has 0 N–H and O–H groups in total. The minimum Gasteiger partial charge on any atom is -0.493 e. The minimum absolute atomic E-state index is 0.0372. The molecule has 198 valence electrons. The van der Waals surface area contributed by atoms with Gasteiger partial charge in [0.2, 0.25) is 10.9 Å². The summed E-state index contributed by atoms with van der Waals surface area (Å²) in [4.78, 5) is 39.6. The smallest absolute Gasteiger partial charge is 0.281 e. The van der Waals surface area contributed by atoms with E-state index < -0.39 is 11.8 Å². The molecule has 1 aliphatic heterocycles. The lowest BCUT2D eigenvalue weighted by Crippen LogP contribution is -2.41. The molecule has 0 fully saturated rings. The van der Waals surface area contributed by atoms with Crippen molar-refractivity contribution in [3.63, 3.8) is 0 Å². The molecule has 0 radical (unpaired) electrons. The predicted molar refractivity (Wildman–Crippen MR) is 144 cm³/mol. The average Bonchev–Trinajstić information content (AvgIpc) is 3.47. The molecule has 0 saturated carbocycles. The number of carbonyl (C=O) groups excluding carboxylic acids is 3. The van der Waals surface area contributed by atoms with E-state index in [1.165, 1.54) is 26.0 Å². The lowest BCUT2D eigenvalue weighted by atomic mass is 10.1. The van der Waals surface area contributed by atoms with E-state index in [4.69, 9.17) is 14.2 Å². The second-order valence-corrected chi connectivity index (χ2v) is 9.41. The van der Waals surface area contributed by atoms with Gasteiger partial charge < -0.3 is 14.2 Å². The topological polar surface area (TPSA) is 113 Å². The number of thioether (sulfide) groups is 1. The summed E-state index contributed by atoms with van der Waals surface area (Å²) in [6.07, 6.45) is 0.171. The molecule has 1 aromatic heterocycles. The minimum atomic E-state index is -0.502. The summed E-state index contributed by atoms with van der Waals surface area (Å²) >= 11 is 1.10. The number of fused-ring (bicyclic) bond motifs is 1. The Labute approximate surface area is 228 Å². The molecule has 0 unspecified atom stereocenters. The van der Waals surface area contributed by atoms with Crippen LogP contribution >= 0.6 is 11.8 Å². The van der Waals surface area contributed by atoms with Crippen LogP contribution in [0.5, 0.6) is 17.2 Å². The van der Waals surface area contributed by atoms with Crippen molar-refractivity contribution in [3.05, 3.63) is 94.8 Å². The summed E-state index contributed by atoms with van der Waals surface area (Å²) in [6, 6.07) is 19.0. The van der Waals surface area contributed by atoms with Gasteiger partial charge in [-0.25, -0.2) is 4.68 Å². The first-order valence-electron chi connectivity index (χ1n) is 11.9. The Morgan fingerprint density at radius 2 is 1.41 bits per heavy atom. The second kappa shape index (κ2) is 11.0. The van der Waals surface area contributed by atoms with Crippen molar-refractivity contribution >= 4 is 29.4 Å². The van der Waals surface area contributed by atoms with Crippen LogP contribution in [-0.2, 0) is 6.42 Å². The van der Waals surface area contributed by atoms with Gasteiger partial charge in [-0.2, -0.15) is 5.01 Å². The number of ketones is 1. The highest BCUT2D eigenvalue weighted by Gasteiger charge is 2.39. The fourth-order valence-electron chi connectivity index (χ4n) is 4.31. The van der Waals surface area contributed by atoms with Gasteiger partial charge in [0, 0.05) is 12.0 Å². The summed E-state index contributed by atoms with van der Waals surface area (Å²) < 4.78 is 17.7. The van der Waals surface area contributed by atoms with Crippen LogP contribution in [-0.4, -0.2) is 59.6 Å². The summed E-state index contributed by atoms with van der Waals surface area (Å²) in [5.41, 5.74) is 1.83. The normalized spacial score (nSPS) is 12.4.